The first-order valence-corrected chi connectivity index (χ1v) is 6.03. The van der Waals surface area contributed by atoms with Gasteiger partial charge in [0.15, 0.2) is 0 Å². The molecular weight excluding hydrogens is 210 g/mol. The molecule has 1 atom stereocenters. The predicted octanol–water partition coefficient (Wildman–Crippen LogP) is 2.61. The number of hydrogen-bond acceptors (Lipinski definition) is 3. The van der Waals surface area contributed by atoms with Gasteiger partial charge in [-0.15, -0.1) is 6.58 Å². The van der Waals surface area contributed by atoms with Gasteiger partial charge in [0.2, 0.25) is 0 Å². The van der Waals surface area contributed by atoms with Gasteiger partial charge in [-0.25, -0.2) is 0 Å². The second-order valence-electron chi connectivity index (χ2n) is 4.42. The molecule has 17 heavy (non-hydrogen) atoms. The average molecular weight is 233 g/mol. The smallest absolute Gasteiger partial charge is 0.0460 e. The number of hydrazine groups is 1. The van der Waals surface area contributed by atoms with Crippen molar-refractivity contribution in [2.75, 3.05) is 19.0 Å². The van der Waals surface area contributed by atoms with Crippen LogP contribution in [0.3, 0.4) is 0 Å². The van der Waals surface area contributed by atoms with Crippen molar-refractivity contribution in [1.82, 2.24) is 5.43 Å². The summed E-state index contributed by atoms with van der Waals surface area (Å²) in [6.07, 6.45) is 5.12. The zero-order valence-corrected chi connectivity index (χ0v) is 10.8. The summed E-state index contributed by atoms with van der Waals surface area (Å²) in [5.41, 5.74) is 5.32. The number of hydrogen-bond donors (Lipinski definition) is 2. The summed E-state index contributed by atoms with van der Waals surface area (Å²) in [4.78, 5) is 2.09. The van der Waals surface area contributed by atoms with Gasteiger partial charge in [-0.2, -0.15) is 0 Å². The molecule has 0 radical (unpaired) electrons. The molecule has 3 nitrogen and oxygen atoms in total. The van der Waals surface area contributed by atoms with E-state index in [2.05, 4.69) is 41.2 Å². The van der Waals surface area contributed by atoms with E-state index in [0.717, 1.165) is 19.3 Å². The molecule has 1 rings (SSSR count). The number of rotatable bonds is 7. The molecule has 0 heterocycles. The van der Waals surface area contributed by atoms with Crippen molar-refractivity contribution in [2.45, 2.75) is 25.3 Å². The molecule has 0 amide bonds. The third-order valence-electron chi connectivity index (χ3n) is 2.91. The van der Waals surface area contributed by atoms with E-state index in [0.29, 0.717) is 0 Å². The summed E-state index contributed by atoms with van der Waals surface area (Å²) in [7, 11) is 4.08. The van der Waals surface area contributed by atoms with Crippen molar-refractivity contribution < 1.29 is 0 Å². The normalized spacial score (nSPS) is 12.2. The highest BCUT2D eigenvalue weighted by Gasteiger charge is 2.08. The van der Waals surface area contributed by atoms with Crippen LogP contribution >= 0.6 is 0 Å². The Hall–Kier alpha value is -1.32. The fraction of sp³-hybridized carbons (Fsp3) is 0.429. The first-order valence-electron chi connectivity index (χ1n) is 6.03. The Balaban J connectivity index is 2.64. The van der Waals surface area contributed by atoms with Crippen LogP contribution in [0.2, 0.25) is 0 Å². The number of nitrogens with zero attached hydrogens (tertiary/aromatic N) is 1. The van der Waals surface area contributed by atoms with Gasteiger partial charge in [-0.3, -0.25) is 11.3 Å². The fourth-order valence-electron chi connectivity index (χ4n) is 1.82. The molecule has 3 heteroatoms. The minimum Gasteiger partial charge on any atom is -0.378 e. The summed E-state index contributed by atoms with van der Waals surface area (Å²) in [5.74, 6) is 5.60. The van der Waals surface area contributed by atoms with Crippen molar-refractivity contribution in [1.29, 1.82) is 0 Å². The van der Waals surface area contributed by atoms with E-state index in [4.69, 9.17) is 5.84 Å². The number of nitrogens with one attached hydrogen (secondary N) is 1. The summed E-state index contributed by atoms with van der Waals surface area (Å²) < 4.78 is 0. The van der Waals surface area contributed by atoms with Crippen molar-refractivity contribution in [2.24, 2.45) is 5.84 Å². The van der Waals surface area contributed by atoms with Gasteiger partial charge in [-0.1, -0.05) is 18.2 Å². The minimum absolute atomic E-state index is 0.228. The third kappa shape index (κ3) is 4.21. The highest BCUT2D eigenvalue weighted by atomic mass is 15.2. The zero-order chi connectivity index (χ0) is 12.7. The molecule has 0 aliphatic rings. The van der Waals surface area contributed by atoms with E-state index >= 15 is 0 Å². The highest BCUT2D eigenvalue weighted by molar-refractivity contribution is 5.46. The van der Waals surface area contributed by atoms with Crippen molar-refractivity contribution >= 4 is 5.69 Å². The molecule has 3 N–H and O–H groups in total. The van der Waals surface area contributed by atoms with E-state index < -0.39 is 0 Å². The Morgan fingerprint density at radius 2 is 2.00 bits per heavy atom. The zero-order valence-electron chi connectivity index (χ0n) is 10.8. The lowest BCUT2D eigenvalue weighted by Crippen LogP contribution is -2.28. The largest absolute Gasteiger partial charge is 0.378 e. The maximum atomic E-state index is 5.60. The number of unbranched alkanes of at least 4 members (excludes halogenated alkanes) is 1. The Morgan fingerprint density at radius 3 is 2.47 bits per heavy atom. The molecule has 0 aromatic heterocycles. The fourth-order valence-corrected chi connectivity index (χ4v) is 1.82. The standard InChI is InChI=1S/C14H23N3/c1-4-5-6-7-14(16-15)12-8-10-13(11-9-12)17(2)3/h4,8-11,14,16H,1,5-7,15H2,2-3H3. The molecule has 0 spiro atoms. The maximum absolute atomic E-state index is 5.60. The second-order valence-corrected chi connectivity index (χ2v) is 4.42. The maximum Gasteiger partial charge on any atom is 0.0460 e. The molecule has 0 aliphatic heterocycles. The van der Waals surface area contributed by atoms with Crippen molar-refractivity contribution in [3.8, 4) is 0 Å². The third-order valence-corrected chi connectivity index (χ3v) is 2.91. The van der Waals surface area contributed by atoms with Gasteiger partial charge < -0.3 is 4.90 Å². The summed E-state index contributed by atoms with van der Waals surface area (Å²) in [6.45, 7) is 3.73. The van der Waals surface area contributed by atoms with Crippen LogP contribution in [-0.2, 0) is 0 Å². The molecule has 1 aromatic rings. The molecule has 0 fully saturated rings. The molecule has 1 aromatic carbocycles. The Morgan fingerprint density at radius 1 is 1.35 bits per heavy atom. The van der Waals surface area contributed by atoms with Crippen LogP contribution in [0.1, 0.15) is 30.9 Å². The molecule has 0 saturated carbocycles. The monoisotopic (exact) mass is 233 g/mol. The van der Waals surface area contributed by atoms with Gasteiger partial charge in [0.05, 0.1) is 0 Å². The molecule has 0 bridgehead atoms. The number of allylic oxidation sites excluding steroid dienone is 1. The average Bonchev–Trinajstić information content (AvgIpc) is 2.35. The first kappa shape index (κ1) is 13.7. The van der Waals surface area contributed by atoms with E-state index in [1.54, 1.807) is 0 Å². The van der Waals surface area contributed by atoms with Gasteiger partial charge >= 0.3 is 0 Å². The predicted molar refractivity (Wildman–Crippen MR) is 74.9 cm³/mol. The van der Waals surface area contributed by atoms with Crippen molar-refractivity contribution in [3.63, 3.8) is 0 Å². The lowest BCUT2D eigenvalue weighted by molar-refractivity contribution is 0.501. The van der Waals surface area contributed by atoms with Gasteiger partial charge in [0, 0.05) is 25.8 Å². The Bertz CT molecular complexity index is 330. The van der Waals surface area contributed by atoms with E-state index in [1.165, 1.54) is 11.3 Å². The summed E-state index contributed by atoms with van der Waals surface area (Å²) in [6, 6.07) is 8.73. The van der Waals surface area contributed by atoms with Crippen LogP contribution in [0.5, 0.6) is 0 Å². The highest BCUT2D eigenvalue weighted by Crippen LogP contribution is 2.21. The van der Waals surface area contributed by atoms with Gasteiger partial charge in [0.25, 0.3) is 0 Å². The second kappa shape index (κ2) is 7.09. The van der Waals surface area contributed by atoms with E-state index in [9.17, 15) is 0 Å². The van der Waals surface area contributed by atoms with Crippen LogP contribution < -0.4 is 16.2 Å². The number of nitrogens with two attached hydrogens (primary N) is 1. The lowest BCUT2D eigenvalue weighted by atomic mass is 10.0. The number of anilines is 1. The van der Waals surface area contributed by atoms with E-state index in [-0.39, 0.29) is 6.04 Å². The van der Waals surface area contributed by atoms with Gasteiger partial charge in [-0.05, 0) is 37.0 Å². The van der Waals surface area contributed by atoms with Crippen LogP contribution in [0, 0.1) is 0 Å². The number of benzene rings is 1. The Labute approximate surface area is 104 Å². The topological polar surface area (TPSA) is 41.3 Å². The van der Waals surface area contributed by atoms with Gasteiger partial charge in [0.1, 0.15) is 0 Å². The van der Waals surface area contributed by atoms with E-state index in [1.807, 2.05) is 20.2 Å². The van der Waals surface area contributed by atoms with Crippen LogP contribution in [0.15, 0.2) is 36.9 Å². The molecule has 94 valence electrons. The molecule has 1 unspecified atom stereocenters. The van der Waals surface area contributed by atoms with Crippen LogP contribution in [0.4, 0.5) is 5.69 Å². The molecule has 0 saturated heterocycles. The summed E-state index contributed by atoms with van der Waals surface area (Å²) >= 11 is 0. The molecule has 0 aliphatic carbocycles. The first-order chi connectivity index (χ1) is 8.19. The Kier molecular flexibility index (Phi) is 5.73. The van der Waals surface area contributed by atoms with Crippen molar-refractivity contribution in [3.05, 3.63) is 42.5 Å². The summed E-state index contributed by atoms with van der Waals surface area (Å²) in [5, 5.41) is 0. The SMILES string of the molecule is C=CCCCC(NN)c1ccc(N(C)C)cc1. The van der Waals surface area contributed by atoms with Crippen LogP contribution in [0.25, 0.3) is 0 Å². The quantitative estimate of drug-likeness (QED) is 0.329. The lowest BCUT2D eigenvalue weighted by Gasteiger charge is -2.18. The molecular formula is C14H23N3. The minimum atomic E-state index is 0.228. The van der Waals surface area contributed by atoms with Crippen LogP contribution in [-0.4, -0.2) is 14.1 Å².